The Hall–Kier alpha value is -7.80. The van der Waals surface area contributed by atoms with Crippen molar-refractivity contribution in [3.63, 3.8) is 0 Å². The van der Waals surface area contributed by atoms with Gasteiger partial charge in [-0.2, -0.15) is 0 Å². The number of carbonyl (C=O) groups excluding carboxylic acids is 4. The Balaban J connectivity index is 1.55. The third-order valence-corrected chi connectivity index (χ3v) is 9.54. The van der Waals surface area contributed by atoms with Gasteiger partial charge in [-0.3, -0.25) is 9.59 Å². The van der Waals surface area contributed by atoms with Crippen molar-refractivity contribution in [1.82, 2.24) is 0 Å². The fourth-order valence-corrected chi connectivity index (χ4v) is 6.28. The highest BCUT2D eigenvalue weighted by Crippen LogP contribution is 2.37. The number of hydrogen-bond acceptors (Lipinski definition) is 12. The molecule has 2 atom stereocenters. The van der Waals surface area contributed by atoms with Crippen LogP contribution in [0.25, 0.3) is 12.2 Å². The smallest absolute Gasteiger partial charge is 0.351 e. The standard InChI is InChI=1S/C48H38O12/c49-37-25-21-31(29-39(37)51)23-27-41(53)47(57,45(55)59-43(33-13-5-1-6-14-33)34-15-7-2-8-16-34)48(58,42(54)28-24-32-22-26-38(50)40(52)30-32)46(56)60-44(35-17-9-3-10-18-35)36-19-11-4-12-20-36/h1-30,43-44,49-52,57-58H/b27-23+,28-24+/t47-,48-/m0/s1. The quantitative estimate of drug-likeness (QED) is 0.0285. The van der Waals surface area contributed by atoms with E-state index in [1.165, 1.54) is 12.1 Å². The molecule has 6 N–H and O–H groups in total. The van der Waals surface area contributed by atoms with Gasteiger partial charge in [0.05, 0.1) is 0 Å². The summed E-state index contributed by atoms with van der Waals surface area (Å²) in [7, 11) is 0. The monoisotopic (exact) mass is 806 g/mol. The van der Waals surface area contributed by atoms with E-state index in [1.807, 2.05) is 0 Å². The Morgan fingerprint density at radius 1 is 0.417 bits per heavy atom. The molecule has 6 aromatic carbocycles. The number of ether oxygens (including phenoxy) is 2. The van der Waals surface area contributed by atoms with Crippen LogP contribution in [0.5, 0.6) is 23.0 Å². The molecule has 12 nitrogen and oxygen atoms in total. The lowest BCUT2D eigenvalue weighted by Gasteiger charge is -2.37. The molecule has 0 aliphatic heterocycles. The summed E-state index contributed by atoms with van der Waals surface area (Å²) in [6, 6.07) is 39.5. The molecular weight excluding hydrogens is 769 g/mol. The molecule has 302 valence electrons. The van der Waals surface area contributed by atoms with E-state index in [1.54, 1.807) is 121 Å². The fraction of sp³-hybridized carbons (Fsp3) is 0.0833. The van der Waals surface area contributed by atoms with Gasteiger partial charge in [0.25, 0.3) is 11.2 Å². The van der Waals surface area contributed by atoms with Crippen molar-refractivity contribution in [2.24, 2.45) is 0 Å². The van der Waals surface area contributed by atoms with Gasteiger partial charge in [0, 0.05) is 0 Å². The molecule has 0 saturated heterocycles. The predicted octanol–water partition coefficient (Wildman–Crippen LogP) is 6.50. The van der Waals surface area contributed by atoms with E-state index in [9.17, 15) is 49.8 Å². The van der Waals surface area contributed by atoms with E-state index in [0.717, 1.165) is 36.4 Å². The highest BCUT2D eigenvalue weighted by atomic mass is 16.6. The molecule has 0 heterocycles. The summed E-state index contributed by atoms with van der Waals surface area (Å²) < 4.78 is 11.8. The summed E-state index contributed by atoms with van der Waals surface area (Å²) in [6.07, 6.45) is 0.425. The molecule has 0 aliphatic rings. The van der Waals surface area contributed by atoms with E-state index in [0.29, 0.717) is 34.4 Å². The first-order chi connectivity index (χ1) is 28.8. The minimum absolute atomic E-state index is 0.0542. The van der Waals surface area contributed by atoms with Crippen LogP contribution < -0.4 is 0 Å². The highest BCUT2D eigenvalue weighted by molar-refractivity contribution is 6.27. The first-order valence-electron chi connectivity index (χ1n) is 18.4. The molecule has 0 bridgehead atoms. The average Bonchev–Trinajstić information content (AvgIpc) is 3.28. The average molecular weight is 807 g/mol. The van der Waals surface area contributed by atoms with Gasteiger partial charge in [-0.15, -0.1) is 0 Å². The summed E-state index contributed by atoms with van der Waals surface area (Å²) in [5, 5.41) is 65.3. The van der Waals surface area contributed by atoms with Crippen LogP contribution in [0.2, 0.25) is 0 Å². The van der Waals surface area contributed by atoms with Crippen LogP contribution in [0.3, 0.4) is 0 Å². The van der Waals surface area contributed by atoms with Crippen molar-refractivity contribution in [3.05, 3.63) is 203 Å². The maximum atomic E-state index is 14.8. The summed E-state index contributed by atoms with van der Waals surface area (Å²) >= 11 is 0. The van der Waals surface area contributed by atoms with Gasteiger partial charge >= 0.3 is 11.9 Å². The van der Waals surface area contributed by atoms with Crippen LogP contribution in [0.1, 0.15) is 45.6 Å². The minimum Gasteiger partial charge on any atom is -0.504 e. The van der Waals surface area contributed by atoms with Gasteiger partial charge < -0.3 is 40.1 Å². The Kier molecular flexibility index (Phi) is 12.7. The van der Waals surface area contributed by atoms with Crippen LogP contribution in [-0.2, 0) is 28.7 Å². The number of carbonyl (C=O) groups is 4. The van der Waals surface area contributed by atoms with Crippen molar-refractivity contribution >= 4 is 35.7 Å². The maximum Gasteiger partial charge on any atom is 0.351 e. The molecule has 0 aromatic heterocycles. The topological polar surface area (TPSA) is 208 Å². The number of aromatic hydroxyl groups is 4. The number of esters is 2. The van der Waals surface area contributed by atoms with E-state index < -0.39 is 69.9 Å². The maximum absolute atomic E-state index is 14.8. The second-order valence-electron chi connectivity index (χ2n) is 13.5. The zero-order valence-electron chi connectivity index (χ0n) is 31.6. The molecule has 0 aliphatic carbocycles. The number of aliphatic hydroxyl groups is 2. The molecule has 6 rings (SSSR count). The molecule has 0 saturated carbocycles. The molecular formula is C48H38O12. The predicted molar refractivity (Wildman–Crippen MR) is 219 cm³/mol. The summed E-state index contributed by atoms with van der Waals surface area (Å²) in [4.78, 5) is 58.8. The van der Waals surface area contributed by atoms with E-state index in [2.05, 4.69) is 0 Å². The molecule has 0 radical (unpaired) electrons. The third-order valence-electron chi connectivity index (χ3n) is 9.54. The lowest BCUT2D eigenvalue weighted by molar-refractivity contribution is -0.213. The Bertz CT molecular complexity index is 2280. The first kappa shape index (κ1) is 41.8. The third kappa shape index (κ3) is 8.85. The number of phenols is 4. The summed E-state index contributed by atoms with van der Waals surface area (Å²) in [6.45, 7) is 0. The van der Waals surface area contributed by atoms with Crippen LogP contribution in [-0.4, -0.2) is 65.3 Å². The number of hydrogen-bond donors (Lipinski definition) is 6. The molecule has 0 spiro atoms. The van der Waals surface area contributed by atoms with E-state index >= 15 is 0 Å². The van der Waals surface area contributed by atoms with E-state index in [-0.39, 0.29) is 11.1 Å². The van der Waals surface area contributed by atoms with Crippen molar-refractivity contribution < 1.29 is 59.3 Å². The lowest BCUT2D eigenvalue weighted by atomic mass is 9.75. The lowest BCUT2D eigenvalue weighted by Crippen LogP contribution is -2.71. The van der Waals surface area contributed by atoms with Crippen LogP contribution >= 0.6 is 0 Å². The number of ketones is 2. The highest BCUT2D eigenvalue weighted by Gasteiger charge is 2.70. The summed E-state index contributed by atoms with van der Waals surface area (Å²) in [5.74, 6) is -9.45. The second kappa shape index (κ2) is 18.2. The van der Waals surface area contributed by atoms with Crippen molar-refractivity contribution in [2.45, 2.75) is 23.4 Å². The van der Waals surface area contributed by atoms with Crippen LogP contribution in [0.4, 0.5) is 0 Å². The summed E-state index contributed by atoms with van der Waals surface area (Å²) in [5.41, 5.74) is -6.73. The molecule has 60 heavy (non-hydrogen) atoms. The van der Waals surface area contributed by atoms with E-state index in [4.69, 9.17) is 9.47 Å². The van der Waals surface area contributed by atoms with Crippen LogP contribution in [0.15, 0.2) is 170 Å². The normalized spacial score (nSPS) is 13.5. The van der Waals surface area contributed by atoms with Gasteiger partial charge in [0.15, 0.2) is 35.2 Å². The largest absolute Gasteiger partial charge is 0.504 e. The Labute approximate surface area is 343 Å². The van der Waals surface area contributed by atoms with Gasteiger partial charge in [0.2, 0.25) is 11.6 Å². The molecule has 12 heteroatoms. The Morgan fingerprint density at radius 3 is 0.967 bits per heavy atom. The minimum atomic E-state index is -4.11. The Morgan fingerprint density at radius 2 is 0.700 bits per heavy atom. The van der Waals surface area contributed by atoms with Gasteiger partial charge in [-0.25, -0.2) is 9.59 Å². The molecule has 0 fully saturated rings. The number of rotatable bonds is 15. The zero-order chi connectivity index (χ0) is 42.9. The van der Waals surface area contributed by atoms with Gasteiger partial charge in [-0.05, 0) is 69.8 Å². The van der Waals surface area contributed by atoms with Gasteiger partial charge in [0.1, 0.15) is 0 Å². The number of phenolic OH excluding ortho intramolecular Hbond substituents is 4. The SMILES string of the molecule is O=C(/C=C/c1ccc(O)c(O)c1)[C@](O)(C(=O)OC(c1ccccc1)c1ccccc1)[C@](O)(C(=O)/C=C/c1ccc(O)c(O)c1)C(=O)OC(c1ccccc1)c1ccccc1. The van der Waals surface area contributed by atoms with Gasteiger partial charge in [-0.1, -0.05) is 146 Å². The number of benzene rings is 6. The van der Waals surface area contributed by atoms with Crippen molar-refractivity contribution in [1.29, 1.82) is 0 Å². The van der Waals surface area contributed by atoms with Crippen molar-refractivity contribution in [2.75, 3.05) is 0 Å². The molecule has 0 unspecified atom stereocenters. The molecule has 0 amide bonds. The first-order valence-corrected chi connectivity index (χ1v) is 18.4. The fourth-order valence-electron chi connectivity index (χ4n) is 6.28. The zero-order valence-corrected chi connectivity index (χ0v) is 31.6. The van der Waals surface area contributed by atoms with Crippen molar-refractivity contribution in [3.8, 4) is 23.0 Å². The van der Waals surface area contributed by atoms with Crippen LogP contribution in [0, 0.1) is 0 Å². The second-order valence-corrected chi connectivity index (χ2v) is 13.5. The molecule has 6 aromatic rings.